The fourth-order valence-electron chi connectivity index (χ4n) is 5.02. The summed E-state index contributed by atoms with van der Waals surface area (Å²) >= 11 is 1.98. The lowest BCUT2D eigenvalue weighted by molar-refractivity contribution is -0.0763. The van der Waals surface area contributed by atoms with Crippen LogP contribution in [0.4, 0.5) is 10.5 Å². The molecule has 3 N–H and O–H groups in total. The van der Waals surface area contributed by atoms with Gasteiger partial charge in [0.15, 0.2) is 0 Å². The predicted molar refractivity (Wildman–Crippen MR) is 104 cm³/mol. The van der Waals surface area contributed by atoms with Crippen LogP contribution in [0.1, 0.15) is 45.6 Å². The number of rotatable bonds is 2. The zero-order valence-electron chi connectivity index (χ0n) is 15.7. The Hall–Kier alpha value is -1.36. The first-order valence-corrected chi connectivity index (χ1v) is 10.0. The third kappa shape index (κ3) is 3.48. The molecule has 5 heteroatoms. The van der Waals surface area contributed by atoms with Gasteiger partial charge in [0.25, 0.3) is 0 Å². The molecule has 1 aliphatic carbocycles. The van der Waals surface area contributed by atoms with E-state index in [0.29, 0.717) is 29.7 Å². The van der Waals surface area contributed by atoms with Crippen LogP contribution in [0, 0.1) is 23.7 Å². The molecule has 2 fully saturated rings. The molecule has 2 aliphatic rings. The van der Waals surface area contributed by atoms with E-state index in [4.69, 9.17) is 5.73 Å². The molecule has 1 spiro atoms. The van der Waals surface area contributed by atoms with Gasteiger partial charge in [-0.25, -0.2) is 4.79 Å². The Kier molecular flexibility index (Phi) is 4.73. The molecule has 1 amide bonds. The Bertz CT molecular complexity index is 660. The minimum atomic E-state index is -0.773. The zero-order valence-corrected chi connectivity index (χ0v) is 16.5. The number of aryl methyl sites for hydroxylation is 1. The first-order chi connectivity index (χ1) is 11.6. The Morgan fingerprint density at radius 3 is 2.48 bits per heavy atom. The SMILES string of the molecule is Cc1cc(SC2CC3(CCN(C(=O)O)CC3)C2C(C)(C)C)ccc1N. The third-order valence-corrected chi connectivity index (χ3v) is 7.40. The third-order valence-electron chi connectivity index (χ3n) is 6.13. The van der Waals surface area contributed by atoms with Gasteiger partial charge in [-0.15, -0.1) is 11.8 Å². The van der Waals surface area contributed by atoms with Crippen LogP contribution in [0.25, 0.3) is 0 Å². The molecule has 0 aromatic heterocycles. The molecule has 0 radical (unpaired) electrons. The van der Waals surface area contributed by atoms with Crippen molar-refractivity contribution in [2.24, 2.45) is 16.7 Å². The van der Waals surface area contributed by atoms with E-state index in [1.165, 1.54) is 11.3 Å². The highest BCUT2D eigenvalue weighted by molar-refractivity contribution is 8.00. The van der Waals surface area contributed by atoms with Gasteiger partial charge in [0.05, 0.1) is 0 Å². The highest BCUT2D eigenvalue weighted by Gasteiger charge is 2.58. The number of nitrogens with two attached hydrogens (primary N) is 1. The summed E-state index contributed by atoms with van der Waals surface area (Å²) in [6.45, 7) is 10.4. The highest BCUT2D eigenvalue weighted by atomic mass is 32.2. The summed E-state index contributed by atoms with van der Waals surface area (Å²) in [5, 5.41) is 9.83. The fourth-order valence-corrected chi connectivity index (χ4v) is 7.01. The number of hydrogen-bond donors (Lipinski definition) is 2. The van der Waals surface area contributed by atoms with Gasteiger partial charge in [-0.3, -0.25) is 0 Å². The molecular weight excluding hydrogens is 332 g/mol. The lowest BCUT2D eigenvalue weighted by Gasteiger charge is -2.62. The van der Waals surface area contributed by atoms with Crippen LogP contribution in [0.15, 0.2) is 23.1 Å². The molecule has 3 rings (SSSR count). The van der Waals surface area contributed by atoms with Gasteiger partial charge in [0.1, 0.15) is 0 Å². The molecule has 2 atom stereocenters. The summed E-state index contributed by atoms with van der Waals surface area (Å²) in [5.74, 6) is 0.610. The van der Waals surface area contributed by atoms with E-state index in [0.717, 1.165) is 24.1 Å². The number of amides is 1. The van der Waals surface area contributed by atoms with E-state index < -0.39 is 6.09 Å². The number of benzene rings is 1. The van der Waals surface area contributed by atoms with Gasteiger partial charge in [-0.2, -0.15) is 0 Å². The summed E-state index contributed by atoms with van der Waals surface area (Å²) in [4.78, 5) is 14.1. The topological polar surface area (TPSA) is 66.6 Å². The van der Waals surface area contributed by atoms with E-state index in [-0.39, 0.29) is 5.41 Å². The number of nitrogen functional groups attached to an aromatic ring is 1. The van der Waals surface area contributed by atoms with Crippen molar-refractivity contribution in [2.45, 2.75) is 57.1 Å². The van der Waals surface area contributed by atoms with Crippen LogP contribution in [-0.2, 0) is 0 Å². The van der Waals surface area contributed by atoms with Crippen molar-refractivity contribution in [3.05, 3.63) is 23.8 Å². The van der Waals surface area contributed by atoms with Gasteiger partial charge in [0, 0.05) is 28.9 Å². The van der Waals surface area contributed by atoms with Crippen LogP contribution in [-0.4, -0.2) is 34.4 Å². The zero-order chi connectivity index (χ0) is 18.4. The number of anilines is 1. The Morgan fingerprint density at radius 1 is 1.32 bits per heavy atom. The molecule has 0 bridgehead atoms. The molecule has 25 heavy (non-hydrogen) atoms. The lowest BCUT2D eigenvalue weighted by Crippen LogP contribution is -2.60. The van der Waals surface area contributed by atoms with Gasteiger partial charge >= 0.3 is 6.09 Å². The Morgan fingerprint density at radius 2 is 1.96 bits per heavy atom. The Labute approximate surface area is 155 Å². The fraction of sp³-hybridized carbons (Fsp3) is 0.650. The number of likely N-dealkylation sites (tertiary alicyclic amines) is 1. The molecule has 2 unspecified atom stereocenters. The number of carbonyl (C=O) groups is 1. The van der Waals surface area contributed by atoms with Crippen LogP contribution in [0.3, 0.4) is 0 Å². The summed E-state index contributed by atoms with van der Waals surface area (Å²) in [5.41, 5.74) is 8.48. The molecule has 1 aliphatic heterocycles. The van der Waals surface area contributed by atoms with E-state index in [1.54, 1.807) is 4.90 Å². The predicted octanol–water partition coefficient (Wildman–Crippen LogP) is 4.86. The monoisotopic (exact) mass is 362 g/mol. The molecule has 1 aromatic rings. The average molecular weight is 363 g/mol. The van der Waals surface area contributed by atoms with Crippen molar-refractivity contribution < 1.29 is 9.90 Å². The quantitative estimate of drug-likeness (QED) is 0.737. The van der Waals surface area contributed by atoms with E-state index in [1.807, 2.05) is 17.8 Å². The maximum atomic E-state index is 11.2. The second-order valence-corrected chi connectivity index (χ2v) is 10.2. The van der Waals surface area contributed by atoms with Gasteiger partial charge in [-0.1, -0.05) is 20.8 Å². The summed E-state index contributed by atoms with van der Waals surface area (Å²) in [7, 11) is 0. The molecule has 1 heterocycles. The summed E-state index contributed by atoms with van der Waals surface area (Å²) in [6, 6.07) is 6.33. The largest absolute Gasteiger partial charge is 0.465 e. The Balaban J connectivity index is 1.74. The minimum absolute atomic E-state index is 0.226. The van der Waals surface area contributed by atoms with Crippen molar-refractivity contribution in [2.75, 3.05) is 18.8 Å². The second kappa shape index (κ2) is 6.42. The van der Waals surface area contributed by atoms with Crippen molar-refractivity contribution in [3.63, 3.8) is 0 Å². The van der Waals surface area contributed by atoms with Crippen LogP contribution in [0.2, 0.25) is 0 Å². The molecule has 1 saturated heterocycles. The second-order valence-electron chi connectivity index (χ2n) is 8.85. The maximum Gasteiger partial charge on any atom is 0.407 e. The highest BCUT2D eigenvalue weighted by Crippen LogP contribution is 2.64. The number of thioether (sulfide) groups is 1. The molecular formula is C20H30N2O2S. The lowest BCUT2D eigenvalue weighted by atomic mass is 9.48. The van der Waals surface area contributed by atoms with E-state index in [2.05, 4.69) is 39.8 Å². The molecule has 1 saturated carbocycles. The molecule has 138 valence electrons. The van der Waals surface area contributed by atoms with Crippen molar-refractivity contribution in [1.82, 2.24) is 4.90 Å². The molecule has 1 aromatic carbocycles. The summed E-state index contributed by atoms with van der Waals surface area (Å²) in [6.07, 6.45) is 2.42. The van der Waals surface area contributed by atoms with Gasteiger partial charge in [-0.05, 0) is 66.7 Å². The first kappa shape index (κ1) is 18.4. The number of nitrogens with zero attached hydrogens (tertiary/aromatic N) is 1. The van der Waals surface area contributed by atoms with Crippen LogP contribution in [0.5, 0.6) is 0 Å². The smallest absolute Gasteiger partial charge is 0.407 e. The van der Waals surface area contributed by atoms with Crippen LogP contribution < -0.4 is 5.73 Å². The average Bonchev–Trinajstić information content (AvgIpc) is 2.48. The standard InChI is InChI=1S/C20H30N2O2S/c1-13-11-14(5-6-15(13)21)25-16-12-20(17(16)19(2,3)4)7-9-22(10-8-20)18(23)24/h5-6,11,16-17H,7-10,12,21H2,1-4H3,(H,23,24). The number of piperidine rings is 1. The van der Waals surface area contributed by atoms with Crippen molar-refractivity contribution >= 4 is 23.5 Å². The molecule has 4 nitrogen and oxygen atoms in total. The minimum Gasteiger partial charge on any atom is -0.465 e. The van der Waals surface area contributed by atoms with Crippen LogP contribution >= 0.6 is 11.8 Å². The normalized spacial score (nSPS) is 25.7. The van der Waals surface area contributed by atoms with Gasteiger partial charge in [0.2, 0.25) is 0 Å². The van der Waals surface area contributed by atoms with Crippen molar-refractivity contribution in [3.8, 4) is 0 Å². The summed E-state index contributed by atoms with van der Waals surface area (Å²) < 4.78 is 0. The number of carboxylic acid groups (broad SMARTS) is 1. The van der Waals surface area contributed by atoms with Crippen molar-refractivity contribution in [1.29, 1.82) is 0 Å². The van der Waals surface area contributed by atoms with Gasteiger partial charge < -0.3 is 15.7 Å². The van der Waals surface area contributed by atoms with E-state index >= 15 is 0 Å². The van der Waals surface area contributed by atoms with E-state index in [9.17, 15) is 9.90 Å². The maximum absolute atomic E-state index is 11.2. The number of hydrogen-bond acceptors (Lipinski definition) is 3. The first-order valence-electron chi connectivity index (χ1n) is 9.13.